The van der Waals surface area contributed by atoms with Crippen LogP contribution in [0.15, 0.2) is 48.7 Å². The Labute approximate surface area is 118 Å². The molecule has 0 bridgehead atoms. The maximum absolute atomic E-state index is 9.59. The minimum Gasteiger partial charge on any atom is -0.390 e. The molecule has 2 heterocycles. The van der Waals surface area contributed by atoms with Crippen molar-refractivity contribution in [1.82, 2.24) is 9.78 Å². The van der Waals surface area contributed by atoms with Crippen LogP contribution in [-0.4, -0.2) is 14.9 Å². The van der Waals surface area contributed by atoms with Gasteiger partial charge in [-0.3, -0.25) is 0 Å². The average Bonchev–Trinajstić information content (AvgIpc) is 2.87. The Kier molecular flexibility index (Phi) is 3.16. The van der Waals surface area contributed by atoms with Crippen LogP contribution in [0, 0.1) is 0 Å². The van der Waals surface area contributed by atoms with Gasteiger partial charge in [-0.2, -0.15) is 5.10 Å². The van der Waals surface area contributed by atoms with Crippen LogP contribution in [0.25, 0.3) is 16.8 Å². The highest BCUT2D eigenvalue weighted by atomic mass is 16.3. The molecule has 1 aromatic heterocycles. The molecule has 0 amide bonds. The number of hydrogen-bond donors (Lipinski definition) is 2. The molecule has 3 rings (SSSR count). The summed E-state index contributed by atoms with van der Waals surface area (Å²) < 4.78 is 1.76. The molecule has 0 fully saturated rings. The third-order valence-corrected chi connectivity index (χ3v) is 3.44. The highest BCUT2D eigenvalue weighted by Gasteiger charge is 2.22. The average molecular weight is 267 g/mol. The first-order valence-corrected chi connectivity index (χ1v) is 6.69. The summed E-state index contributed by atoms with van der Waals surface area (Å²) in [5, 5.41) is 17.4. The molecule has 0 radical (unpaired) electrons. The Balaban J connectivity index is 2.19. The fraction of sp³-hybridized carbons (Fsp3) is 0.188. The number of allylic oxidation sites excluding steroid dienone is 3. The fourth-order valence-corrected chi connectivity index (χ4v) is 2.45. The summed E-state index contributed by atoms with van der Waals surface area (Å²) in [6.45, 7) is 6.03. The van der Waals surface area contributed by atoms with Gasteiger partial charge in [-0.05, 0) is 18.1 Å². The summed E-state index contributed by atoms with van der Waals surface area (Å²) in [6.07, 6.45) is 2.88. The standard InChI is InChI=1S/C16H17N3O/c1-3-13-9-11(2)19-16(17-13)15(14(10-20)18-19)12-7-5-4-6-8-12/h4-9,17,20H,2-3,10H2,1H3. The summed E-state index contributed by atoms with van der Waals surface area (Å²) >= 11 is 0. The maximum atomic E-state index is 9.59. The third kappa shape index (κ3) is 1.94. The van der Waals surface area contributed by atoms with Gasteiger partial charge in [0.1, 0.15) is 5.82 Å². The Morgan fingerprint density at radius 1 is 1.30 bits per heavy atom. The van der Waals surface area contributed by atoms with E-state index >= 15 is 0 Å². The SMILES string of the molecule is C=C1C=C(CC)Nc2c(-c3ccccc3)c(CO)nn21. The van der Waals surface area contributed by atoms with Gasteiger partial charge < -0.3 is 10.4 Å². The largest absolute Gasteiger partial charge is 0.390 e. The number of anilines is 1. The molecule has 102 valence electrons. The van der Waals surface area contributed by atoms with E-state index in [0.717, 1.165) is 34.8 Å². The van der Waals surface area contributed by atoms with Gasteiger partial charge in [-0.15, -0.1) is 0 Å². The molecule has 1 aromatic carbocycles. The van der Waals surface area contributed by atoms with Crippen LogP contribution < -0.4 is 5.32 Å². The van der Waals surface area contributed by atoms with E-state index in [4.69, 9.17) is 0 Å². The quantitative estimate of drug-likeness (QED) is 0.897. The van der Waals surface area contributed by atoms with Crippen molar-refractivity contribution >= 4 is 11.5 Å². The predicted octanol–water partition coefficient (Wildman–Crippen LogP) is 3.23. The Morgan fingerprint density at radius 2 is 2.05 bits per heavy atom. The number of hydrogen-bond acceptors (Lipinski definition) is 3. The molecule has 2 N–H and O–H groups in total. The van der Waals surface area contributed by atoms with Gasteiger partial charge in [0.15, 0.2) is 0 Å². The highest BCUT2D eigenvalue weighted by Crippen LogP contribution is 2.36. The second kappa shape index (κ2) is 4.98. The normalized spacial score (nSPS) is 13.7. The number of fused-ring (bicyclic) bond motifs is 1. The van der Waals surface area contributed by atoms with Crippen molar-refractivity contribution in [1.29, 1.82) is 0 Å². The third-order valence-electron chi connectivity index (χ3n) is 3.44. The van der Waals surface area contributed by atoms with Crippen LogP contribution in [-0.2, 0) is 6.61 Å². The number of aliphatic hydroxyl groups excluding tert-OH is 1. The van der Waals surface area contributed by atoms with Gasteiger partial charge in [0, 0.05) is 5.70 Å². The molecule has 20 heavy (non-hydrogen) atoms. The van der Waals surface area contributed by atoms with Crippen LogP contribution in [0.3, 0.4) is 0 Å². The molecule has 0 spiro atoms. The second-order valence-electron chi connectivity index (χ2n) is 4.75. The summed E-state index contributed by atoms with van der Waals surface area (Å²) in [5.41, 5.74) is 4.55. The summed E-state index contributed by atoms with van der Waals surface area (Å²) in [7, 11) is 0. The molecular weight excluding hydrogens is 250 g/mol. The molecule has 0 saturated carbocycles. The van der Waals surface area contributed by atoms with Gasteiger partial charge in [0.25, 0.3) is 0 Å². The van der Waals surface area contributed by atoms with Crippen LogP contribution in [0.4, 0.5) is 5.82 Å². The second-order valence-corrected chi connectivity index (χ2v) is 4.75. The zero-order chi connectivity index (χ0) is 14.1. The minimum absolute atomic E-state index is 0.0966. The summed E-state index contributed by atoms with van der Waals surface area (Å²) in [5.74, 6) is 0.879. The van der Waals surface area contributed by atoms with E-state index in [-0.39, 0.29) is 6.61 Å². The lowest BCUT2D eigenvalue weighted by atomic mass is 10.0. The molecule has 0 aliphatic carbocycles. The minimum atomic E-state index is -0.0966. The first-order valence-electron chi connectivity index (χ1n) is 6.69. The van der Waals surface area contributed by atoms with Crippen molar-refractivity contribution in [2.24, 2.45) is 0 Å². The van der Waals surface area contributed by atoms with Crippen LogP contribution in [0.2, 0.25) is 0 Å². The van der Waals surface area contributed by atoms with E-state index < -0.39 is 0 Å². The Bertz CT molecular complexity index is 683. The number of benzene rings is 1. The summed E-state index contributed by atoms with van der Waals surface area (Å²) in [6, 6.07) is 9.97. The smallest absolute Gasteiger partial charge is 0.142 e. The van der Waals surface area contributed by atoms with Crippen molar-refractivity contribution in [3.05, 3.63) is 54.4 Å². The van der Waals surface area contributed by atoms with Gasteiger partial charge in [0.05, 0.1) is 23.6 Å². The number of aromatic nitrogens is 2. The van der Waals surface area contributed by atoms with Crippen LogP contribution in [0.5, 0.6) is 0 Å². The van der Waals surface area contributed by atoms with Crippen molar-refractivity contribution in [2.45, 2.75) is 20.0 Å². The molecule has 2 aromatic rings. The fourth-order valence-electron chi connectivity index (χ4n) is 2.45. The lowest BCUT2D eigenvalue weighted by Gasteiger charge is -2.19. The Morgan fingerprint density at radius 3 is 2.70 bits per heavy atom. The van der Waals surface area contributed by atoms with E-state index in [2.05, 4.69) is 23.9 Å². The molecule has 1 aliphatic heterocycles. The first kappa shape index (κ1) is 12.7. The predicted molar refractivity (Wildman–Crippen MR) is 80.9 cm³/mol. The molecular formula is C16H17N3O. The first-order chi connectivity index (χ1) is 9.74. The molecule has 4 nitrogen and oxygen atoms in total. The topological polar surface area (TPSA) is 50.1 Å². The Hall–Kier alpha value is -2.33. The van der Waals surface area contributed by atoms with E-state index in [0.29, 0.717) is 5.69 Å². The lowest BCUT2D eigenvalue weighted by molar-refractivity contribution is 0.276. The lowest BCUT2D eigenvalue weighted by Crippen LogP contribution is -2.12. The van der Waals surface area contributed by atoms with E-state index in [1.807, 2.05) is 36.4 Å². The monoisotopic (exact) mass is 267 g/mol. The van der Waals surface area contributed by atoms with Gasteiger partial charge in [-0.1, -0.05) is 43.8 Å². The van der Waals surface area contributed by atoms with Crippen molar-refractivity contribution in [3.8, 4) is 11.1 Å². The number of nitrogens with zero attached hydrogens (tertiary/aromatic N) is 2. The number of aliphatic hydroxyl groups is 1. The molecule has 0 atom stereocenters. The van der Waals surface area contributed by atoms with E-state index in [9.17, 15) is 5.11 Å². The highest BCUT2D eigenvalue weighted by molar-refractivity contribution is 5.84. The number of rotatable bonds is 3. The maximum Gasteiger partial charge on any atom is 0.142 e. The zero-order valence-electron chi connectivity index (χ0n) is 11.4. The molecule has 4 heteroatoms. The van der Waals surface area contributed by atoms with Gasteiger partial charge >= 0.3 is 0 Å². The van der Waals surface area contributed by atoms with Crippen molar-refractivity contribution in [2.75, 3.05) is 5.32 Å². The molecule has 1 aliphatic rings. The molecule has 0 saturated heterocycles. The molecule has 0 unspecified atom stereocenters. The van der Waals surface area contributed by atoms with Crippen LogP contribution in [0.1, 0.15) is 19.0 Å². The summed E-state index contributed by atoms with van der Waals surface area (Å²) in [4.78, 5) is 0. The van der Waals surface area contributed by atoms with Crippen molar-refractivity contribution < 1.29 is 5.11 Å². The van der Waals surface area contributed by atoms with Crippen molar-refractivity contribution in [3.63, 3.8) is 0 Å². The zero-order valence-corrected chi connectivity index (χ0v) is 11.4. The van der Waals surface area contributed by atoms with Crippen LogP contribution >= 0.6 is 0 Å². The van der Waals surface area contributed by atoms with Gasteiger partial charge in [0.2, 0.25) is 0 Å². The van der Waals surface area contributed by atoms with E-state index in [1.54, 1.807) is 4.68 Å². The number of nitrogens with one attached hydrogen (secondary N) is 1. The van der Waals surface area contributed by atoms with E-state index in [1.165, 1.54) is 0 Å². The van der Waals surface area contributed by atoms with Gasteiger partial charge in [-0.25, -0.2) is 4.68 Å².